The molecule has 0 spiro atoms. The molecule has 8 nitrogen and oxygen atoms in total. The van der Waals surface area contributed by atoms with E-state index in [4.69, 9.17) is 9.47 Å². The van der Waals surface area contributed by atoms with Gasteiger partial charge in [-0.25, -0.2) is 8.42 Å². The molecule has 9 heteroatoms. The molecule has 0 fully saturated rings. The van der Waals surface area contributed by atoms with Crippen LogP contribution in [0.25, 0.3) is 10.9 Å². The van der Waals surface area contributed by atoms with E-state index in [0.29, 0.717) is 5.75 Å². The minimum Gasteiger partial charge on any atom is -0.497 e. The minimum atomic E-state index is -4.05. The molecule has 3 rings (SSSR count). The quantitative estimate of drug-likeness (QED) is 0.533. The standard InChI is InChI=1S/C18H19N3O5S/c1-25-13-7-8-16(26-2)17(10-13)27(23,24)21-20-18(22)9-12-11-19-15-6-4-3-5-14(12)15/h3-8,10-11,19,21H,9H2,1-2H3,(H,20,22). The Morgan fingerprint density at radius 2 is 1.89 bits per heavy atom. The SMILES string of the molecule is COc1ccc(OC)c(S(=O)(=O)NNC(=O)Cc2c[nH]c3ccccc23)c1. The van der Waals surface area contributed by atoms with Gasteiger partial charge in [-0.2, -0.15) is 0 Å². The highest BCUT2D eigenvalue weighted by atomic mass is 32.2. The van der Waals surface area contributed by atoms with Crippen LogP contribution in [0.15, 0.2) is 53.6 Å². The number of rotatable bonds is 7. The summed E-state index contributed by atoms with van der Waals surface area (Å²) < 4.78 is 35.2. The summed E-state index contributed by atoms with van der Waals surface area (Å²) in [6.45, 7) is 0. The van der Waals surface area contributed by atoms with Gasteiger partial charge >= 0.3 is 0 Å². The molecular formula is C18H19N3O5S. The van der Waals surface area contributed by atoms with Gasteiger partial charge < -0.3 is 14.5 Å². The van der Waals surface area contributed by atoms with Gasteiger partial charge in [0.1, 0.15) is 16.4 Å². The molecule has 0 radical (unpaired) electrons. The molecule has 2 aromatic carbocycles. The number of benzene rings is 2. The molecule has 142 valence electrons. The van der Waals surface area contributed by atoms with Crippen molar-refractivity contribution in [3.8, 4) is 11.5 Å². The molecule has 1 aromatic heterocycles. The number of hydrazine groups is 1. The molecule has 3 aromatic rings. The van der Waals surface area contributed by atoms with Gasteiger partial charge in [-0.15, -0.1) is 4.83 Å². The van der Waals surface area contributed by atoms with Crippen molar-refractivity contribution in [3.63, 3.8) is 0 Å². The molecule has 0 bridgehead atoms. The topological polar surface area (TPSA) is 110 Å². The van der Waals surface area contributed by atoms with E-state index in [1.54, 1.807) is 12.3 Å². The molecule has 0 saturated heterocycles. The summed E-state index contributed by atoms with van der Waals surface area (Å²) in [6, 6.07) is 11.9. The smallest absolute Gasteiger partial charge is 0.261 e. The lowest BCUT2D eigenvalue weighted by atomic mass is 10.1. The highest BCUT2D eigenvalue weighted by Gasteiger charge is 2.21. The Labute approximate surface area is 156 Å². The van der Waals surface area contributed by atoms with Gasteiger partial charge in [0.25, 0.3) is 10.0 Å². The van der Waals surface area contributed by atoms with Gasteiger partial charge in [0.2, 0.25) is 5.91 Å². The van der Waals surface area contributed by atoms with Crippen molar-refractivity contribution in [1.29, 1.82) is 0 Å². The fourth-order valence-corrected chi connectivity index (χ4v) is 3.71. The summed E-state index contributed by atoms with van der Waals surface area (Å²) >= 11 is 0. The van der Waals surface area contributed by atoms with Crippen LogP contribution in [0.5, 0.6) is 11.5 Å². The summed E-state index contributed by atoms with van der Waals surface area (Å²) in [5.41, 5.74) is 3.90. The molecule has 1 heterocycles. The molecule has 0 atom stereocenters. The Morgan fingerprint density at radius 3 is 2.63 bits per heavy atom. The number of ether oxygens (including phenoxy) is 2. The summed E-state index contributed by atoms with van der Waals surface area (Å²) in [7, 11) is -1.26. The number of H-pyrrole nitrogens is 1. The molecule has 1 amide bonds. The second-order valence-corrected chi connectivity index (χ2v) is 7.36. The van der Waals surface area contributed by atoms with E-state index in [0.717, 1.165) is 16.5 Å². The zero-order valence-corrected chi connectivity index (χ0v) is 15.6. The van der Waals surface area contributed by atoms with Crippen LogP contribution in [0.2, 0.25) is 0 Å². The molecule has 0 aliphatic rings. The van der Waals surface area contributed by atoms with Crippen LogP contribution >= 0.6 is 0 Å². The summed E-state index contributed by atoms with van der Waals surface area (Å²) in [6.07, 6.45) is 1.74. The lowest BCUT2D eigenvalue weighted by molar-refractivity contribution is -0.120. The highest BCUT2D eigenvalue weighted by molar-refractivity contribution is 7.89. The van der Waals surface area contributed by atoms with Crippen molar-refractivity contribution in [3.05, 3.63) is 54.2 Å². The predicted octanol–water partition coefficient (Wildman–Crippen LogP) is 1.74. The second kappa shape index (κ2) is 7.68. The monoisotopic (exact) mass is 389 g/mol. The number of aromatic nitrogens is 1. The van der Waals surface area contributed by atoms with Crippen LogP contribution in [0, 0.1) is 0 Å². The molecule has 27 heavy (non-hydrogen) atoms. The zero-order chi connectivity index (χ0) is 19.4. The predicted molar refractivity (Wildman–Crippen MR) is 100 cm³/mol. The third kappa shape index (κ3) is 4.04. The van der Waals surface area contributed by atoms with Gasteiger partial charge in [0.05, 0.1) is 20.6 Å². The van der Waals surface area contributed by atoms with Crippen molar-refractivity contribution in [1.82, 2.24) is 15.2 Å². The van der Waals surface area contributed by atoms with Crippen LogP contribution in [0.3, 0.4) is 0 Å². The fourth-order valence-electron chi connectivity index (χ4n) is 2.67. The lowest BCUT2D eigenvalue weighted by Crippen LogP contribution is -2.42. The highest BCUT2D eigenvalue weighted by Crippen LogP contribution is 2.27. The molecule has 0 aliphatic heterocycles. The van der Waals surface area contributed by atoms with Gasteiger partial charge in [-0.3, -0.25) is 10.2 Å². The van der Waals surface area contributed by atoms with Gasteiger partial charge in [0, 0.05) is 23.2 Å². The number of carbonyl (C=O) groups excluding carboxylic acids is 1. The first-order valence-corrected chi connectivity index (χ1v) is 9.50. The van der Waals surface area contributed by atoms with E-state index in [-0.39, 0.29) is 17.1 Å². The zero-order valence-electron chi connectivity index (χ0n) is 14.8. The number of nitrogens with one attached hydrogen (secondary N) is 3. The number of fused-ring (bicyclic) bond motifs is 1. The lowest BCUT2D eigenvalue weighted by Gasteiger charge is -2.12. The first-order chi connectivity index (χ1) is 12.9. The maximum atomic E-state index is 12.5. The Bertz CT molecular complexity index is 1080. The number of sulfonamides is 1. The Hall–Kier alpha value is -3.04. The number of hydrogen-bond acceptors (Lipinski definition) is 5. The molecule has 0 saturated carbocycles. The molecule has 0 aliphatic carbocycles. The Kier molecular flexibility index (Phi) is 5.33. The normalized spacial score (nSPS) is 11.3. The van der Waals surface area contributed by atoms with E-state index in [9.17, 15) is 13.2 Å². The number of carbonyl (C=O) groups is 1. The summed E-state index contributed by atoms with van der Waals surface area (Å²) in [5.74, 6) is -0.0133. The third-order valence-corrected chi connectivity index (χ3v) is 5.28. The first-order valence-electron chi connectivity index (χ1n) is 8.02. The maximum Gasteiger partial charge on any atom is 0.261 e. The second-order valence-electron chi connectivity index (χ2n) is 5.71. The maximum absolute atomic E-state index is 12.5. The average molecular weight is 389 g/mol. The third-order valence-electron chi connectivity index (χ3n) is 4.01. The largest absolute Gasteiger partial charge is 0.497 e. The number of methoxy groups -OCH3 is 2. The van der Waals surface area contributed by atoms with Crippen LogP contribution in [0.4, 0.5) is 0 Å². The summed E-state index contributed by atoms with van der Waals surface area (Å²) in [4.78, 5) is 17.2. The number of hydrogen-bond donors (Lipinski definition) is 3. The van der Waals surface area contributed by atoms with Crippen molar-refractivity contribution in [2.75, 3.05) is 14.2 Å². The van der Waals surface area contributed by atoms with E-state index in [1.165, 1.54) is 26.4 Å². The first kappa shape index (κ1) is 18.7. The van der Waals surface area contributed by atoms with Gasteiger partial charge in [-0.05, 0) is 23.8 Å². The van der Waals surface area contributed by atoms with E-state index in [2.05, 4.69) is 15.2 Å². The van der Waals surface area contributed by atoms with E-state index < -0.39 is 15.9 Å². The number of aromatic amines is 1. The number of para-hydroxylation sites is 1. The molecule has 3 N–H and O–H groups in total. The van der Waals surface area contributed by atoms with Crippen molar-refractivity contribution >= 4 is 26.8 Å². The average Bonchev–Trinajstić information content (AvgIpc) is 3.09. The fraction of sp³-hybridized carbons (Fsp3) is 0.167. The van der Waals surface area contributed by atoms with Crippen LogP contribution in [0.1, 0.15) is 5.56 Å². The number of amides is 1. The van der Waals surface area contributed by atoms with Crippen molar-refractivity contribution in [2.45, 2.75) is 11.3 Å². The van der Waals surface area contributed by atoms with Crippen molar-refractivity contribution < 1.29 is 22.7 Å². The van der Waals surface area contributed by atoms with Crippen LogP contribution < -0.4 is 19.7 Å². The van der Waals surface area contributed by atoms with Crippen LogP contribution in [-0.4, -0.2) is 33.5 Å². The van der Waals surface area contributed by atoms with E-state index >= 15 is 0 Å². The van der Waals surface area contributed by atoms with Gasteiger partial charge in [-0.1, -0.05) is 18.2 Å². The molecule has 0 unspecified atom stereocenters. The van der Waals surface area contributed by atoms with Crippen molar-refractivity contribution in [2.24, 2.45) is 0 Å². The van der Waals surface area contributed by atoms with Crippen LogP contribution in [-0.2, 0) is 21.2 Å². The Morgan fingerprint density at radius 1 is 1.11 bits per heavy atom. The minimum absolute atomic E-state index is 0.0157. The van der Waals surface area contributed by atoms with Gasteiger partial charge in [0.15, 0.2) is 0 Å². The Balaban J connectivity index is 1.73. The molecular weight excluding hydrogens is 370 g/mol. The summed E-state index contributed by atoms with van der Waals surface area (Å²) in [5, 5.41) is 0.907. The van der Waals surface area contributed by atoms with E-state index in [1.807, 2.05) is 24.3 Å².